The van der Waals surface area contributed by atoms with E-state index in [1.54, 1.807) is 11.8 Å². The molecule has 0 saturated carbocycles. The Balaban J connectivity index is 2.27. The number of carbonyl (C=O) groups excluding carboxylic acids is 1. The lowest BCUT2D eigenvalue weighted by Crippen LogP contribution is -2.09. The minimum atomic E-state index is -0.290. The van der Waals surface area contributed by atoms with E-state index in [1.807, 2.05) is 23.6 Å². The van der Waals surface area contributed by atoms with E-state index < -0.39 is 0 Å². The maximum atomic E-state index is 11.8. The van der Waals surface area contributed by atoms with Crippen molar-refractivity contribution in [1.82, 2.24) is 4.98 Å². The molecule has 3 nitrogen and oxygen atoms in total. The molecular weight excluding hydrogens is 246 g/mol. The highest BCUT2D eigenvalue weighted by molar-refractivity contribution is 8.02. The van der Waals surface area contributed by atoms with Crippen LogP contribution in [0.15, 0.2) is 29.7 Å². The summed E-state index contributed by atoms with van der Waals surface area (Å²) in [5.74, 6) is -0.290. The third kappa shape index (κ3) is 1.56. The van der Waals surface area contributed by atoms with Gasteiger partial charge in [-0.2, -0.15) is 0 Å². The fraction of sp³-hybridized carbons (Fsp3) is 0.214. The van der Waals surface area contributed by atoms with E-state index in [-0.39, 0.29) is 5.97 Å². The van der Waals surface area contributed by atoms with Crippen molar-refractivity contribution < 1.29 is 9.53 Å². The molecule has 1 aliphatic rings. The topological polar surface area (TPSA) is 42.1 Å². The molecule has 0 saturated heterocycles. The second-order valence-corrected chi connectivity index (χ2v) is 5.48. The summed E-state index contributed by atoms with van der Waals surface area (Å²) in [5.41, 5.74) is 3.77. The minimum Gasteiger partial charge on any atom is -0.465 e. The Labute approximate surface area is 109 Å². The standard InChI is InChI=1S/C14H13NO2S/c1-8-12-9-5-3-4-6-11(9)15-13(12)10(7-18-8)14(16)17-2/h3-8,15H,1-2H3. The Bertz CT molecular complexity index is 657. The molecule has 0 radical (unpaired) electrons. The van der Waals surface area contributed by atoms with Gasteiger partial charge in [0, 0.05) is 16.2 Å². The Hall–Kier alpha value is -1.68. The van der Waals surface area contributed by atoms with Crippen molar-refractivity contribution in [2.75, 3.05) is 7.11 Å². The molecule has 0 bridgehead atoms. The van der Waals surface area contributed by atoms with Crippen LogP contribution in [0.5, 0.6) is 0 Å². The van der Waals surface area contributed by atoms with Crippen LogP contribution >= 0.6 is 11.8 Å². The molecule has 2 aromatic rings. The Morgan fingerprint density at radius 2 is 2.17 bits per heavy atom. The summed E-state index contributed by atoms with van der Waals surface area (Å²) < 4.78 is 4.84. The van der Waals surface area contributed by atoms with Crippen molar-refractivity contribution in [2.24, 2.45) is 0 Å². The summed E-state index contributed by atoms with van der Waals surface area (Å²) in [7, 11) is 1.41. The van der Waals surface area contributed by atoms with Gasteiger partial charge in [-0.05, 0) is 24.0 Å². The zero-order chi connectivity index (χ0) is 12.7. The van der Waals surface area contributed by atoms with E-state index >= 15 is 0 Å². The molecule has 1 aromatic heterocycles. The van der Waals surface area contributed by atoms with Gasteiger partial charge in [-0.15, -0.1) is 11.8 Å². The number of H-pyrrole nitrogens is 1. The first kappa shape index (κ1) is 11.4. The van der Waals surface area contributed by atoms with E-state index in [4.69, 9.17) is 4.74 Å². The third-order valence-electron chi connectivity index (χ3n) is 3.22. The number of para-hydroxylation sites is 1. The van der Waals surface area contributed by atoms with Crippen LogP contribution in [0.4, 0.5) is 0 Å². The summed E-state index contributed by atoms with van der Waals surface area (Å²) in [6.45, 7) is 2.15. The number of ether oxygens (including phenoxy) is 1. The first-order valence-corrected chi connectivity index (χ1v) is 6.71. The molecule has 1 N–H and O–H groups in total. The molecule has 4 heteroatoms. The molecule has 0 spiro atoms. The maximum Gasteiger partial charge on any atom is 0.340 e. The summed E-state index contributed by atoms with van der Waals surface area (Å²) >= 11 is 1.65. The van der Waals surface area contributed by atoms with Crippen LogP contribution < -0.4 is 0 Å². The zero-order valence-corrected chi connectivity index (χ0v) is 11.0. The van der Waals surface area contributed by atoms with Gasteiger partial charge < -0.3 is 9.72 Å². The van der Waals surface area contributed by atoms with Crippen LogP contribution in [-0.2, 0) is 9.53 Å². The number of rotatable bonds is 1. The van der Waals surface area contributed by atoms with E-state index in [0.29, 0.717) is 10.8 Å². The average molecular weight is 259 g/mol. The molecular formula is C14H13NO2S. The van der Waals surface area contributed by atoms with Gasteiger partial charge in [-0.25, -0.2) is 4.79 Å². The van der Waals surface area contributed by atoms with E-state index in [0.717, 1.165) is 11.2 Å². The predicted octanol–water partition coefficient (Wildman–Crippen LogP) is 3.49. The lowest BCUT2D eigenvalue weighted by atomic mass is 10.0. The smallest absolute Gasteiger partial charge is 0.340 e. The highest BCUT2D eigenvalue weighted by Gasteiger charge is 2.27. The lowest BCUT2D eigenvalue weighted by Gasteiger charge is -2.17. The highest BCUT2D eigenvalue weighted by atomic mass is 32.2. The van der Waals surface area contributed by atoms with E-state index in [9.17, 15) is 4.79 Å². The number of aromatic nitrogens is 1. The SMILES string of the molecule is COC(=O)C1=CSC(C)c2c1[nH]c1ccccc21. The summed E-state index contributed by atoms with van der Waals surface area (Å²) in [5, 5.41) is 3.40. The fourth-order valence-electron chi connectivity index (χ4n) is 2.36. The molecule has 2 heterocycles. The number of benzene rings is 1. The van der Waals surface area contributed by atoms with Crippen molar-refractivity contribution in [3.8, 4) is 0 Å². The van der Waals surface area contributed by atoms with Crippen molar-refractivity contribution in [3.05, 3.63) is 40.9 Å². The molecule has 3 rings (SSSR count). The minimum absolute atomic E-state index is 0.290. The molecule has 18 heavy (non-hydrogen) atoms. The molecule has 0 amide bonds. The Morgan fingerprint density at radius 1 is 1.39 bits per heavy atom. The summed E-state index contributed by atoms with van der Waals surface area (Å²) in [4.78, 5) is 15.1. The largest absolute Gasteiger partial charge is 0.465 e. The average Bonchev–Trinajstić information content (AvgIpc) is 2.78. The molecule has 1 atom stereocenters. The van der Waals surface area contributed by atoms with Crippen molar-refractivity contribution in [2.45, 2.75) is 12.2 Å². The van der Waals surface area contributed by atoms with Gasteiger partial charge in [-0.3, -0.25) is 0 Å². The second-order valence-electron chi connectivity index (χ2n) is 4.26. The first-order valence-electron chi connectivity index (χ1n) is 5.77. The van der Waals surface area contributed by atoms with Gasteiger partial charge in [0.25, 0.3) is 0 Å². The maximum absolute atomic E-state index is 11.8. The van der Waals surface area contributed by atoms with Crippen LogP contribution in [0.3, 0.4) is 0 Å². The summed E-state index contributed by atoms with van der Waals surface area (Å²) in [6.07, 6.45) is 0. The number of methoxy groups -OCH3 is 1. The molecule has 1 unspecified atom stereocenters. The van der Waals surface area contributed by atoms with Crippen molar-refractivity contribution in [1.29, 1.82) is 0 Å². The molecule has 0 aliphatic carbocycles. The quantitative estimate of drug-likeness (QED) is 0.797. The van der Waals surface area contributed by atoms with Crippen LogP contribution in [0.1, 0.15) is 23.4 Å². The Kier molecular flexibility index (Phi) is 2.67. The van der Waals surface area contributed by atoms with Gasteiger partial charge in [0.2, 0.25) is 0 Å². The number of fused-ring (bicyclic) bond motifs is 3. The van der Waals surface area contributed by atoms with Crippen LogP contribution in [-0.4, -0.2) is 18.1 Å². The van der Waals surface area contributed by atoms with Crippen molar-refractivity contribution >= 4 is 34.2 Å². The number of hydrogen-bond donors (Lipinski definition) is 1. The summed E-state index contributed by atoms with van der Waals surface area (Å²) in [6, 6.07) is 8.12. The third-order valence-corrected chi connectivity index (χ3v) is 4.23. The number of hydrogen-bond acceptors (Lipinski definition) is 3. The number of carbonyl (C=O) groups is 1. The predicted molar refractivity (Wildman–Crippen MR) is 74.3 cm³/mol. The van der Waals surface area contributed by atoms with Gasteiger partial charge in [0.1, 0.15) is 0 Å². The van der Waals surface area contributed by atoms with Gasteiger partial charge in [0.05, 0.1) is 18.4 Å². The molecule has 1 aromatic carbocycles. The van der Waals surface area contributed by atoms with E-state index in [2.05, 4.69) is 18.0 Å². The van der Waals surface area contributed by atoms with Gasteiger partial charge in [-0.1, -0.05) is 18.2 Å². The number of esters is 1. The fourth-order valence-corrected chi connectivity index (χ4v) is 3.29. The first-order chi connectivity index (χ1) is 8.72. The molecule has 0 fully saturated rings. The molecule has 1 aliphatic heterocycles. The normalized spacial score (nSPS) is 18.3. The van der Waals surface area contributed by atoms with Gasteiger partial charge >= 0.3 is 5.97 Å². The van der Waals surface area contributed by atoms with Crippen LogP contribution in [0.25, 0.3) is 16.5 Å². The lowest BCUT2D eigenvalue weighted by molar-refractivity contribution is -0.133. The zero-order valence-electron chi connectivity index (χ0n) is 10.2. The van der Waals surface area contributed by atoms with Gasteiger partial charge in [0.15, 0.2) is 0 Å². The Morgan fingerprint density at radius 3 is 2.94 bits per heavy atom. The highest BCUT2D eigenvalue weighted by Crippen LogP contribution is 2.44. The monoisotopic (exact) mass is 259 g/mol. The number of aromatic amines is 1. The number of thioether (sulfide) groups is 1. The van der Waals surface area contributed by atoms with Crippen LogP contribution in [0.2, 0.25) is 0 Å². The number of nitrogens with one attached hydrogen (secondary N) is 1. The molecule has 92 valence electrons. The van der Waals surface area contributed by atoms with E-state index in [1.165, 1.54) is 18.1 Å². The van der Waals surface area contributed by atoms with Crippen molar-refractivity contribution in [3.63, 3.8) is 0 Å². The second kappa shape index (κ2) is 4.21. The van der Waals surface area contributed by atoms with Crippen LogP contribution in [0, 0.1) is 0 Å².